The zero-order chi connectivity index (χ0) is 15.5. The number of ether oxygens (including phenoxy) is 2. The van der Waals surface area contributed by atoms with E-state index < -0.39 is 0 Å². The number of methoxy groups -OCH3 is 1. The van der Waals surface area contributed by atoms with Gasteiger partial charge in [0.25, 0.3) is 0 Å². The second-order valence-corrected chi connectivity index (χ2v) is 5.52. The molecule has 21 heavy (non-hydrogen) atoms. The lowest BCUT2D eigenvalue weighted by molar-refractivity contribution is -0.121. The molecule has 0 fully saturated rings. The van der Waals surface area contributed by atoms with E-state index in [1.54, 1.807) is 7.11 Å². The Balaban J connectivity index is 2.11. The quantitative estimate of drug-likeness (QED) is 0.675. The predicted octanol–water partition coefficient (Wildman–Crippen LogP) is 2.81. The third kappa shape index (κ3) is 8.35. The summed E-state index contributed by atoms with van der Waals surface area (Å²) in [6.45, 7) is 6.41. The van der Waals surface area contributed by atoms with Crippen LogP contribution in [-0.2, 0) is 16.0 Å². The largest absolute Gasteiger partial charge is 0.497 e. The molecule has 118 valence electrons. The molecule has 1 rings (SSSR count). The molecule has 0 saturated heterocycles. The average molecular weight is 293 g/mol. The molecule has 0 unspecified atom stereocenters. The van der Waals surface area contributed by atoms with E-state index in [1.807, 2.05) is 24.3 Å². The van der Waals surface area contributed by atoms with Crippen molar-refractivity contribution in [3.63, 3.8) is 0 Å². The molecular formula is C17H27NO3. The van der Waals surface area contributed by atoms with Gasteiger partial charge in [-0.15, -0.1) is 0 Å². The number of hydrogen-bond donors (Lipinski definition) is 1. The first-order valence-electron chi connectivity index (χ1n) is 7.59. The standard InChI is InChI=1S/C17H27NO3/c1-14(2)13-21-11-5-10-18-17(19)9-8-15-6-4-7-16(12-15)20-3/h4,6-7,12,14H,5,8-11,13H2,1-3H3,(H,18,19). The molecule has 1 N–H and O–H groups in total. The van der Waals surface area contributed by atoms with Gasteiger partial charge >= 0.3 is 0 Å². The number of amides is 1. The molecule has 0 spiro atoms. The molecule has 0 saturated carbocycles. The Morgan fingerprint density at radius 1 is 1.33 bits per heavy atom. The summed E-state index contributed by atoms with van der Waals surface area (Å²) in [5.41, 5.74) is 1.12. The minimum atomic E-state index is 0.0849. The summed E-state index contributed by atoms with van der Waals surface area (Å²) in [6.07, 6.45) is 2.09. The van der Waals surface area contributed by atoms with Crippen LogP contribution >= 0.6 is 0 Å². The van der Waals surface area contributed by atoms with Crippen LogP contribution in [0.3, 0.4) is 0 Å². The summed E-state index contributed by atoms with van der Waals surface area (Å²) in [5.74, 6) is 1.47. The number of benzene rings is 1. The molecule has 4 nitrogen and oxygen atoms in total. The van der Waals surface area contributed by atoms with Gasteiger partial charge in [0.1, 0.15) is 5.75 Å². The van der Waals surface area contributed by atoms with Crippen molar-refractivity contribution in [1.29, 1.82) is 0 Å². The van der Waals surface area contributed by atoms with Crippen LogP contribution in [0.2, 0.25) is 0 Å². The van der Waals surface area contributed by atoms with Gasteiger partial charge in [0.15, 0.2) is 0 Å². The highest BCUT2D eigenvalue weighted by Gasteiger charge is 2.03. The fraction of sp³-hybridized carbons (Fsp3) is 0.588. The van der Waals surface area contributed by atoms with Crippen LogP contribution in [0, 0.1) is 5.92 Å². The van der Waals surface area contributed by atoms with Crippen LogP contribution in [0.25, 0.3) is 0 Å². The molecular weight excluding hydrogens is 266 g/mol. The van der Waals surface area contributed by atoms with E-state index in [1.165, 1.54) is 0 Å². The highest BCUT2D eigenvalue weighted by Crippen LogP contribution is 2.13. The van der Waals surface area contributed by atoms with Crippen molar-refractivity contribution in [3.05, 3.63) is 29.8 Å². The highest BCUT2D eigenvalue weighted by molar-refractivity contribution is 5.76. The van der Waals surface area contributed by atoms with E-state index in [2.05, 4.69) is 19.2 Å². The first-order chi connectivity index (χ1) is 10.1. The second-order valence-electron chi connectivity index (χ2n) is 5.52. The summed E-state index contributed by atoms with van der Waals surface area (Å²) < 4.78 is 10.6. The molecule has 1 aromatic rings. The molecule has 0 aromatic heterocycles. The van der Waals surface area contributed by atoms with Crippen LogP contribution in [0.1, 0.15) is 32.3 Å². The fourth-order valence-corrected chi connectivity index (χ4v) is 1.90. The number of nitrogens with one attached hydrogen (secondary N) is 1. The monoisotopic (exact) mass is 293 g/mol. The van der Waals surface area contributed by atoms with Crippen LogP contribution in [0.5, 0.6) is 5.75 Å². The van der Waals surface area contributed by atoms with Gasteiger partial charge in [0, 0.05) is 26.2 Å². The Hall–Kier alpha value is -1.55. The van der Waals surface area contributed by atoms with Gasteiger partial charge in [0.05, 0.1) is 7.11 Å². The van der Waals surface area contributed by atoms with E-state index in [-0.39, 0.29) is 5.91 Å². The van der Waals surface area contributed by atoms with Crippen LogP contribution in [-0.4, -0.2) is 32.8 Å². The first-order valence-corrected chi connectivity index (χ1v) is 7.59. The predicted molar refractivity (Wildman–Crippen MR) is 84.6 cm³/mol. The molecule has 0 atom stereocenters. The zero-order valence-corrected chi connectivity index (χ0v) is 13.4. The first kappa shape index (κ1) is 17.5. The smallest absolute Gasteiger partial charge is 0.220 e. The average Bonchev–Trinajstić information content (AvgIpc) is 2.48. The Labute approximate surface area is 127 Å². The molecule has 0 bridgehead atoms. The number of aryl methyl sites for hydroxylation is 1. The topological polar surface area (TPSA) is 47.6 Å². The maximum atomic E-state index is 11.7. The van der Waals surface area contributed by atoms with Gasteiger partial charge in [-0.2, -0.15) is 0 Å². The summed E-state index contributed by atoms with van der Waals surface area (Å²) in [5, 5.41) is 2.92. The Morgan fingerprint density at radius 3 is 2.86 bits per heavy atom. The number of hydrogen-bond acceptors (Lipinski definition) is 3. The van der Waals surface area contributed by atoms with E-state index in [0.717, 1.165) is 30.8 Å². The van der Waals surface area contributed by atoms with Crippen molar-refractivity contribution in [2.75, 3.05) is 26.9 Å². The zero-order valence-electron chi connectivity index (χ0n) is 13.4. The van der Waals surface area contributed by atoms with Crippen LogP contribution in [0.4, 0.5) is 0 Å². The van der Waals surface area contributed by atoms with Crippen LogP contribution in [0.15, 0.2) is 24.3 Å². The third-order valence-corrected chi connectivity index (χ3v) is 3.01. The molecule has 1 aromatic carbocycles. The van der Waals surface area contributed by atoms with Gasteiger partial charge in [-0.05, 0) is 36.5 Å². The van der Waals surface area contributed by atoms with Gasteiger partial charge in [-0.1, -0.05) is 26.0 Å². The lowest BCUT2D eigenvalue weighted by Gasteiger charge is -2.08. The summed E-state index contributed by atoms with van der Waals surface area (Å²) >= 11 is 0. The molecule has 0 radical (unpaired) electrons. The van der Waals surface area contributed by atoms with Crippen molar-refractivity contribution in [3.8, 4) is 5.75 Å². The summed E-state index contributed by atoms with van der Waals surface area (Å²) in [7, 11) is 1.65. The van der Waals surface area contributed by atoms with Crippen molar-refractivity contribution < 1.29 is 14.3 Å². The van der Waals surface area contributed by atoms with Crippen LogP contribution < -0.4 is 10.1 Å². The highest BCUT2D eigenvalue weighted by atomic mass is 16.5. The van der Waals surface area contributed by atoms with Crippen molar-refractivity contribution in [2.24, 2.45) is 5.92 Å². The maximum absolute atomic E-state index is 11.7. The number of carbonyl (C=O) groups is 1. The Kier molecular flexibility index (Phi) is 8.51. The normalized spacial score (nSPS) is 10.7. The van der Waals surface area contributed by atoms with Gasteiger partial charge in [-0.25, -0.2) is 0 Å². The number of carbonyl (C=O) groups excluding carboxylic acids is 1. The Morgan fingerprint density at radius 2 is 2.14 bits per heavy atom. The summed E-state index contributed by atoms with van der Waals surface area (Å²) in [6, 6.07) is 7.82. The van der Waals surface area contributed by atoms with Crippen molar-refractivity contribution in [2.45, 2.75) is 33.1 Å². The molecule has 0 heterocycles. The van der Waals surface area contributed by atoms with E-state index in [4.69, 9.17) is 9.47 Å². The number of rotatable bonds is 10. The van der Waals surface area contributed by atoms with Crippen molar-refractivity contribution in [1.82, 2.24) is 5.32 Å². The molecule has 0 aliphatic carbocycles. The molecule has 1 amide bonds. The lowest BCUT2D eigenvalue weighted by atomic mass is 10.1. The van der Waals surface area contributed by atoms with E-state index in [9.17, 15) is 4.79 Å². The lowest BCUT2D eigenvalue weighted by Crippen LogP contribution is -2.25. The van der Waals surface area contributed by atoms with E-state index >= 15 is 0 Å². The van der Waals surface area contributed by atoms with E-state index in [0.29, 0.717) is 25.5 Å². The molecule has 4 heteroatoms. The van der Waals surface area contributed by atoms with Crippen molar-refractivity contribution >= 4 is 5.91 Å². The molecule has 0 aliphatic rings. The molecule has 0 aliphatic heterocycles. The second kappa shape index (κ2) is 10.2. The summed E-state index contributed by atoms with van der Waals surface area (Å²) in [4.78, 5) is 11.7. The Bertz CT molecular complexity index is 418. The SMILES string of the molecule is COc1cccc(CCC(=O)NCCCOCC(C)C)c1. The van der Waals surface area contributed by atoms with Gasteiger partial charge in [-0.3, -0.25) is 4.79 Å². The van der Waals surface area contributed by atoms with Gasteiger partial charge in [0.2, 0.25) is 5.91 Å². The maximum Gasteiger partial charge on any atom is 0.220 e. The van der Waals surface area contributed by atoms with Gasteiger partial charge < -0.3 is 14.8 Å². The minimum Gasteiger partial charge on any atom is -0.497 e. The minimum absolute atomic E-state index is 0.0849. The third-order valence-electron chi connectivity index (χ3n) is 3.01. The fourth-order valence-electron chi connectivity index (χ4n) is 1.90.